The Hall–Kier alpha value is -1.61. The number of benzene rings is 2. The summed E-state index contributed by atoms with van der Waals surface area (Å²) < 4.78 is 0. The van der Waals surface area contributed by atoms with Crippen LogP contribution >= 0.6 is 11.8 Å². The lowest BCUT2D eigenvalue weighted by Gasteiger charge is -2.24. The fourth-order valence-corrected chi connectivity index (χ4v) is 4.44. The third-order valence-corrected chi connectivity index (χ3v) is 6.01. The zero-order valence-electron chi connectivity index (χ0n) is 15.5. The van der Waals surface area contributed by atoms with Gasteiger partial charge in [0.05, 0.1) is 0 Å². The molecule has 0 unspecified atom stereocenters. The van der Waals surface area contributed by atoms with Crippen LogP contribution in [0.4, 0.5) is 11.4 Å². The first kappa shape index (κ1) is 18.2. The first-order chi connectivity index (χ1) is 12.3. The van der Waals surface area contributed by atoms with Gasteiger partial charge in [-0.05, 0) is 69.2 Å². The van der Waals surface area contributed by atoms with Gasteiger partial charge in [0.1, 0.15) is 0 Å². The largest absolute Gasteiger partial charge is 0.382 e. The van der Waals surface area contributed by atoms with Crippen LogP contribution in [0.3, 0.4) is 0 Å². The third-order valence-electron chi connectivity index (χ3n) is 5.01. The molecule has 3 rings (SSSR count). The Labute approximate surface area is 157 Å². The summed E-state index contributed by atoms with van der Waals surface area (Å²) in [5.74, 6) is 0. The van der Waals surface area contributed by atoms with Crippen LogP contribution in [0.1, 0.15) is 46.0 Å². The van der Waals surface area contributed by atoms with Crippen molar-refractivity contribution in [2.24, 2.45) is 0 Å². The van der Waals surface area contributed by atoms with Gasteiger partial charge in [0.25, 0.3) is 0 Å². The molecule has 0 heterocycles. The number of nitrogens with one attached hydrogen (secondary N) is 1. The molecule has 2 nitrogen and oxygen atoms in total. The van der Waals surface area contributed by atoms with E-state index in [-0.39, 0.29) is 0 Å². The van der Waals surface area contributed by atoms with Crippen molar-refractivity contribution in [2.75, 3.05) is 23.3 Å². The summed E-state index contributed by atoms with van der Waals surface area (Å²) in [6, 6.07) is 18.5. The van der Waals surface area contributed by atoms with Crippen LogP contribution in [0.25, 0.3) is 0 Å². The molecule has 0 bridgehead atoms. The van der Waals surface area contributed by atoms with Crippen molar-refractivity contribution in [3.63, 3.8) is 0 Å². The Kier molecular flexibility index (Phi) is 6.69. The van der Waals surface area contributed by atoms with Crippen LogP contribution in [-0.2, 0) is 0 Å². The summed E-state index contributed by atoms with van der Waals surface area (Å²) in [6.45, 7) is 6.51. The van der Waals surface area contributed by atoms with Gasteiger partial charge in [-0.1, -0.05) is 37.1 Å². The zero-order valence-corrected chi connectivity index (χ0v) is 16.3. The van der Waals surface area contributed by atoms with Crippen molar-refractivity contribution in [2.45, 2.75) is 61.8 Å². The minimum Gasteiger partial charge on any atom is -0.382 e. The predicted octanol–water partition coefficient (Wildman–Crippen LogP) is 6.43. The lowest BCUT2D eigenvalue weighted by atomic mass is 9.95. The van der Waals surface area contributed by atoms with Gasteiger partial charge in [0, 0.05) is 40.3 Å². The van der Waals surface area contributed by atoms with E-state index in [0.717, 1.165) is 13.1 Å². The van der Waals surface area contributed by atoms with Gasteiger partial charge in [-0.15, -0.1) is 0 Å². The van der Waals surface area contributed by atoms with E-state index >= 15 is 0 Å². The second kappa shape index (κ2) is 9.19. The number of rotatable bonds is 7. The van der Waals surface area contributed by atoms with Crippen LogP contribution in [0.15, 0.2) is 58.3 Å². The van der Waals surface area contributed by atoms with E-state index in [0.29, 0.717) is 6.04 Å². The summed E-state index contributed by atoms with van der Waals surface area (Å²) in [5, 5.41) is 3.70. The average molecular weight is 355 g/mol. The SMILES string of the molecule is CCN(CC)c1cccc(Sc2ccc(NC3CCCCC3)cc2)c1. The minimum absolute atomic E-state index is 0.665. The molecule has 0 aliphatic heterocycles. The Balaban J connectivity index is 1.62. The number of nitrogens with zero attached hydrogens (tertiary/aromatic N) is 1. The predicted molar refractivity (Wildman–Crippen MR) is 111 cm³/mol. The fourth-order valence-electron chi connectivity index (χ4n) is 3.57. The molecule has 0 amide bonds. The molecule has 0 atom stereocenters. The lowest BCUT2D eigenvalue weighted by Crippen LogP contribution is -2.22. The van der Waals surface area contributed by atoms with Crippen LogP contribution in [0.2, 0.25) is 0 Å². The maximum atomic E-state index is 3.70. The first-order valence-electron chi connectivity index (χ1n) is 9.68. The second-order valence-corrected chi connectivity index (χ2v) is 7.92. The van der Waals surface area contributed by atoms with Crippen molar-refractivity contribution in [1.29, 1.82) is 0 Å². The van der Waals surface area contributed by atoms with E-state index in [9.17, 15) is 0 Å². The van der Waals surface area contributed by atoms with E-state index in [1.807, 2.05) is 11.8 Å². The van der Waals surface area contributed by atoms with Crippen molar-refractivity contribution >= 4 is 23.1 Å². The molecule has 1 aliphatic rings. The molecular formula is C22H30N2S. The van der Waals surface area contributed by atoms with Gasteiger partial charge in [-0.25, -0.2) is 0 Å². The highest BCUT2D eigenvalue weighted by atomic mass is 32.2. The number of hydrogen-bond acceptors (Lipinski definition) is 3. The molecule has 0 aromatic heterocycles. The van der Waals surface area contributed by atoms with Gasteiger partial charge in [0.15, 0.2) is 0 Å². The fraction of sp³-hybridized carbons (Fsp3) is 0.455. The molecule has 1 saturated carbocycles. The lowest BCUT2D eigenvalue weighted by molar-refractivity contribution is 0.463. The highest BCUT2D eigenvalue weighted by molar-refractivity contribution is 7.99. The van der Waals surface area contributed by atoms with Crippen LogP contribution < -0.4 is 10.2 Å². The molecule has 0 spiro atoms. The van der Waals surface area contributed by atoms with Crippen LogP contribution in [0.5, 0.6) is 0 Å². The molecule has 3 heteroatoms. The summed E-state index contributed by atoms with van der Waals surface area (Å²) in [7, 11) is 0. The monoisotopic (exact) mass is 354 g/mol. The second-order valence-electron chi connectivity index (χ2n) is 6.78. The van der Waals surface area contributed by atoms with E-state index < -0.39 is 0 Å². The van der Waals surface area contributed by atoms with E-state index in [1.165, 1.54) is 53.3 Å². The van der Waals surface area contributed by atoms with Crippen molar-refractivity contribution in [3.8, 4) is 0 Å². The molecule has 2 aromatic carbocycles. The Morgan fingerprint density at radius 1 is 0.920 bits per heavy atom. The molecule has 0 saturated heterocycles. The van der Waals surface area contributed by atoms with Gasteiger partial charge < -0.3 is 10.2 Å². The van der Waals surface area contributed by atoms with E-state index in [4.69, 9.17) is 0 Å². The molecule has 1 fully saturated rings. The van der Waals surface area contributed by atoms with Crippen LogP contribution in [-0.4, -0.2) is 19.1 Å². The zero-order chi connectivity index (χ0) is 17.5. The molecule has 1 N–H and O–H groups in total. The highest BCUT2D eigenvalue weighted by Crippen LogP contribution is 2.31. The van der Waals surface area contributed by atoms with Crippen molar-refractivity contribution < 1.29 is 0 Å². The highest BCUT2D eigenvalue weighted by Gasteiger charge is 2.12. The maximum Gasteiger partial charge on any atom is 0.0377 e. The Morgan fingerprint density at radius 2 is 1.64 bits per heavy atom. The van der Waals surface area contributed by atoms with Gasteiger partial charge >= 0.3 is 0 Å². The number of hydrogen-bond donors (Lipinski definition) is 1. The first-order valence-corrected chi connectivity index (χ1v) is 10.5. The molecule has 2 aromatic rings. The Bertz CT molecular complexity index is 643. The summed E-state index contributed by atoms with van der Waals surface area (Å²) in [5.41, 5.74) is 2.57. The molecule has 134 valence electrons. The third kappa shape index (κ3) is 5.18. The average Bonchev–Trinajstić information content (AvgIpc) is 2.66. The standard InChI is InChI=1S/C22H30N2S/c1-3-24(4-2)20-11-8-12-22(17-20)25-21-15-13-19(14-16-21)23-18-9-6-5-7-10-18/h8,11-18,23H,3-7,9-10H2,1-2H3. The quantitative estimate of drug-likeness (QED) is 0.617. The van der Waals surface area contributed by atoms with Gasteiger partial charge in [-0.3, -0.25) is 0 Å². The summed E-state index contributed by atoms with van der Waals surface area (Å²) in [6.07, 6.45) is 6.77. The summed E-state index contributed by atoms with van der Waals surface area (Å²) >= 11 is 1.84. The number of anilines is 2. The molecular weight excluding hydrogens is 324 g/mol. The topological polar surface area (TPSA) is 15.3 Å². The normalized spacial score (nSPS) is 15.1. The Morgan fingerprint density at radius 3 is 2.32 bits per heavy atom. The molecule has 1 aliphatic carbocycles. The molecule has 0 radical (unpaired) electrons. The summed E-state index contributed by atoms with van der Waals surface area (Å²) in [4.78, 5) is 4.99. The molecule has 25 heavy (non-hydrogen) atoms. The smallest absolute Gasteiger partial charge is 0.0377 e. The van der Waals surface area contributed by atoms with Gasteiger partial charge in [-0.2, -0.15) is 0 Å². The van der Waals surface area contributed by atoms with Crippen molar-refractivity contribution in [1.82, 2.24) is 0 Å². The van der Waals surface area contributed by atoms with Gasteiger partial charge in [0.2, 0.25) is 0 Å². The van der Waals surface area contributed by atoms with Crippen molar-refractivity contribution in [3.05, 3.63) is 48.5 Å². The van der Waals surface area contributed by atoms with Crippen LogP contribution in [0, 0.1) is 0 Å². The minimum atomic E-state index is 0.665. The van der Waals surface area contributed by atoms with E-state index in [2.05, 4.69) is 72.6 Å². The van der Waals surface area contributed by atoms with E-state index in [1.54, 1.807) is 0 Å². The maximum absolute atomic E-state index is 3.70.